The maximum atomic E-state index is 13.0. The fraction of sp³-hybridized carbons (Fsp3) is 0.259. The van der Waals surface area contributed by atoms with E-state index in [-0.39, 0.29) is 11.8 Å². The van der Waals surface area contributed by atoms with Crippen molar-refractivity contribution in [1.82, 2.24) is 19.8 Å². The van der Waals surface area contributed by atoms with E-state index in [4.69, 9.17) is 0 Å². The molecule has 1 saturated heterocycles. The number of hydrogen-bond donors (Lipinski definition) is 2. The first-order valence-corrected chi connectivity index (χ1v) is 13.8. The van der Waals surface area contributed by atoms with Gasteiger partial charge in [0.1, 0.15) is 0 Å². The highest BCUT2D eigenvalue weighted by Crippen LogP contribution is 2.35. The van der Waals surface area contributed by atoms with E-state index in [0.717, 1.165) is 59.8 Å². The Balaban J connectivity index is 1.16. The molecular formula is C27H28N6O2S2. The van der Waals surface area contributed by atoms with Crippen molar-refractivity contribution in [1.29, 1.82) is 0 Å². The highest BCUT2D eigenvalue weighted by molar-refractivity contribution is 7.20. The van der Waals surface area contributed by atoms with Gasteiger partial charge in [0, 0.05) is 56.3 Å². The third kappa shape index (κ3) is 6.22. The van der Waals surface area contributed by atoms with Gasteiger partial charge >= 0.3 is 0 Å². The van der Waals surface area contributed by atoms with Crippen LogP contribution in [0.3, 0.4) is 0 Å². The number of amides is 2. The van der Waals surface area contributed by atoms with Gasteiger partial charge in [-0.15, -0.1) is 11.3 Å². The Kier molecular flexibility index (Phi) is 7.59. The lowest BCUT2D eigenvalue weighted by molar-refractivity contribution is -0.114. The summed E-state index contributed by atoms with van der Waals surface area (Å²) in [5.41, 5.74) is 4.50. The summed E-state index contributed by atoms with van der Waals surface area (Å²) in [6.45, 7) is 7.50. The normalized spacial score (nSPS) is 13.9. The minimum atomic E-state index is -0.145. The summed E-state index contributed by atoms with van der Waals surface area (Å²) in [5, 5.41) is 9.33. The van der Waals surface area contributed by atoms with Gasteiger partial charge in [-0.1, -0.05) is 41.7 Å². The molecule has 190 valence electrons. The molecule has 0 aliphatic carbocycles. The van der Waals surface area contributed by atoms with Crippen molar-refractivity contribution in [2.45, 2.75) is 20.4 Å². The molecule has 10 heteroatoms. The number of aryl methyl sites for hydroxylation is 1. The molecule has 4 aromatic rings. The highest BCUT2D eigenvalue weighted by atomic mass is 32.1. The zero-order valence-corrected chi connectivity index (χ0v) is 22.4. The minimum Gasteiger partial charge on any atom is -0.336 e. The van der Waals surface area contributed by atoms with Crippen LogP contribution in [-0.2, 0) is 11.3 Å². The van der Waals surface area contributed by atoms with E-state index < -0.39 is 0 Å². The summed E-state index contributed by atoms with van der Waals surface area (Å²) in [5.74, 6) is -0.0775. The fourth-order valence-electron chi connectivity index (χ4n) is 4.23. The van der Waals surface area contributed by atoms with Gasteiger partial charge in [-0.25, -0.2) is 9.97 Å². The molecule has 1 aliphatic heterocycles. The molecule has 1 fully saturated rings. The van der Waals surface area contributed by atoms with Gasteiger partial charge in [0.2, 0.25) is 5.91 Å². The van der Waals surface area contributed by atoms with Crippen LogP contribution in [0.25, 0.3) is 10.6 Å². The molecule has 0 radical (unpaired) electrons. The molecular weight excluding hydrogens is 504 g/mol. The maximum Gasteiger partial charge on any atom is 0.253 e. The van der Waals surface area contributed by atoms with Gasteiger partial charge in [-0.2, -0.15) is 0 Å². The molecule has 37 heavy (non-hydrogen) atoms. The highest BCUT2D eigenvalue weighted by Gasteiger charge is 2.22. The lowest BCUT2D eigenvalue weighted by Crippen LogP contribution is -2.48. The third-order valence-electron chi connectivity index (χ3n) is 6.11. The predicted octanol–water partition coefficient (Wildman–Crippen LogP) is 5.24. The Labute approximate surface area is 224 Å². The van der Waals surface area contributed by atoms with Crippen LogP contribution in [-0.4, -0.2) is 57.8 Å². The molecule has 3 heterocycles. The lowest BCUT2D eigenvalue weighted by Gasteiger charge is -2.34. The summed E-state index contributed by atoms with van der Waals surface area (Å²) in [4.78, 5) is 38.7. The molecule has 0 unspecified atom stereocenters. The zero-order valence-electron chi connectivity index (χ0n) is 20.7. The van der Waals surface area contributed by atoms with Crippen molar-refractivity contribution in [2.24, 2.45) is 0 Å². The Morgan fingerprint density at radius 1 is 0.946 bits per heavy atom. The molecule has 2 aromatic carbocycles. The lowest BCUT2D eigenvalue weighted by atomic mass is 10.1. The summed E-state index contributed by atoms with van der Waals surface area (Å²) in [6, 6.07) is 18.0. The Bertz CT molecular complexity index is 1380. The number of carbonyl (C=O) groups excluding carboxylic acids is 2. The molecule has 2 amide bonds. The van der Waals surface area contributed by atoms with E-state index in [9.17, 15) is 9.59 Å². The first-order valence-electron chi connectivity index (χ1n) is 12.1. The first kappa shape index (κ1) is 25.1. The van der Waals surface area contributed by atoms with Crippen LogP contribution >= 0.6 is 22.7 Å². The van der Waals surface area contributed by atoms with Gasteiger partial charge < -0.3 is 15.5 Å². The van der Waals surface area contributed by atoms with Crippen LogP contribution in [0, 0.1) is 6.92 Å². The topological polar surface area (TPSA) is 90.5 Å². The first-order chi connectivity index (χ1) is 17.9. The van der Waals surface area contributed by atoms with E-state index in [1.54, 1.807) is 0 Å². The number of anilines is 3. The van der Waals surface area contributed by atoms with Crippen LogP contribution in [0.5, 0.6) is 0 Å². The minimum absolute atomic E-state index is 0.0677. The average Bonchev–Trinajstić information content (AvgIpc) is 3.50. The van der Waals surface area contributed by atoms with Gasteiger partial charge in [0.25, 0.3) is 5.91 Å². The van der Waals surface area contributed by atoms with Gasteiger partial charge in [-0.3, -0.25) is 14.5 Å². The molecule has 0 saturated carbocycles. The van der Waals surface area contributed by atoms with Crippen molar-refractivity contribution in [3.05, 3.63) is 76.8 Å². The fourth-order valence-corrected chi connectivity index (χ4v) is 6.00. The van der Waals surface area contributed by atoms with E-state index >= 15 is 0 Å². The predicted molar refractivity (Wildman–Crippen MR) is 150 cm³/mol. The number of carbonyl (C=O) groups is 2. The van der Waals surface area contributed by atoms with Crippen molar-refractivity contribution < 1.29 is 9.59 Å². The summed E-state index contributed by atoms with van der Waals surface area (Å²) < 4.78 is 0. The van der Waals surface area contributed by atoms with Crippen molar-refractivity contribution in [3.63, 3.8) is 0 Å². The van der Waals surface area contributed by atoms with Crippen LogP contribution in [0.1, 0.15) is 28.5 Å². The number of aromatic nitrogens is 2. The number of piperazine rings is 1. The number of thiazole rings is 2. The smallest absolute Gasteiger partial charge is 0.253 e. The van der Waals surface area contributed by atoms with E-state index in [0.29, 0.717) is 10.7 Å². The molecule has 5 rings (SSSR count). The van der Waals surface area contributed by atoms with Crippen molar-refractivity contribution in [2.75, 3.05) is 36.8 Å². The van der Waals surface area contributed by atoms with Crippen LogP contribution in [0.15, 0.2) is 60.0 Å². The molecule has 2 N–H and O–H groups in total. The summed E-state index contributed by atoms with van der Waals surface area (Å²) in [6.07, 6.45) is 0. The number of benzene rings is 2. The SMILES string of the molecule is CC(=O)Nc1nc(C)c(-c2csc(Nc3ccc(C(=O)N4CCN(Cc5ccccc5)CC4)cc3)n2)s1. The Hall–Kier alpha value is -3.60. The second kappa shape index (κ2) is 11.2. The molecule has 8 nitrogen and oxygen atoms in total. The molecule has 2 aromatic heterocycles. The Morgan fingerprint density at radius 3 is 2.38 bits per heavy atom. The second-order valence-electron chi connectivity index (χ2n) is 8.91. The molecule has 0 atom stereocenters. The van der Waals surface area contributed by atoms with Crippen LogP contribution in [0.4, 0.5) is 16.0 Å². The van der Waals surface area contributed by atoms with Gasteiger partial charge in [0.15, 0.2) is 10.3 Å². The van der Waals surface area contributed by atoms with Crippen molar-refractivity contribution in [3.8, 4) is 10.6 Å². The van der Waals surface area contributed by atoms with E-state index in [2.05, 4.69) is 49.8 Å². The number of hydrogen-bond acceptors (Lipinski definition) is 8. The molecule has 0 bridgehead atoms. The average molecular weight is 533 g/mol. The van der Waals surface area contributed by atoms with E-state index in [1.165, 1.54) is 35.2 Å². The van der Waals surface area contributed by atoms with Crippen molar-refractivity contribution >= 4 is 50.4 Å². The third-order valence-corrected chi connectivity index (χ3v) is 7.96. The monoisotopic (exact) mass is 532 g/mol. The number of rotatable bonds is 7. The van der Waals surface area contributed by atoms with E-state index in [1.807, 2.05) is 47.5 Å². The molecule has 1 aliphatic rings. The number of nitrogens with zero attached hydrogens (tertiary/aromatic N) is 4. The standard InChI is InChI=1S/C27H28N6O2S2/c1-18-24(37-27(28-18)29-19(2)34)23-17-36-26(31-23)30-22-10-8-21(9-11-22)25(35)33-14-12-32(13-15-33)16-20-6-4-3-5-7-20/h3-11,17H,12-16H2,1-2H3,(H,30,31)(H,28,29,34). The zero-order chi connectivity index (χ0) is 25.8. The Morgan fingerprint density at radius 2 is 1.68 bits per heavy atom. The summed E-state index contributed by atoms with van der Waals surface area (Å²) in [7, 11) is 0. The van der Waals surface area contributed by atoms with Crippen LogP contribution in [0.2, 0.25) is 0 Å². The van der Waals surface area contributed by atoms with Gasteiger partial charge in [-0.05, 0) is 36.8 Å². The van der Waals surface area contributed by atoms with Gasteiger partial charge in [0.05, 0.1) is 16.3 Å². The summed E-state index contributed by atoms with van der Waals surface area (Å²) >= 11 is 2.90. The second-order valence-corrected chi connectivity index (χ2v) is 10.8. The maximum absolute atomic E-state index is 13.0. The quantitative estimate of drug-likeness (QED) is 0.339. The largest absolute Gasteiger partial charge is 0.336 e. The number of nitrogens with one attached hydrogen (secondary N) is 2. The molecule has 0 spiro atoms. The van der Waals surface area contributed by atoms with Crippen LogP contribution < -0.4 is 10.6 Å².